The normalized spacial score (nSPS) is 10.5. The van der Waals surface area contributed by atoms with Gasteiger partial charge in [-0.15, -0.1) is 0 Å². The van der Waals surface area contributed by atoms with Crippen molar-refractivity contribution in [2.24, 2.45) is 0 Å². The van der Waals surface area contributed by atoms with Gasteiger partial charge in [-0.3, -0.25) is 4.68 Å². The number of rotatable bonds is 5. The Morgan fingerprint density at radius 3 is 2.48 bits per heavy atom. The fourth-order valence-corrected chi connectivity index (χ4v) is 2.15. The molecule has 0 aliphatic rings. The molecule has 0 N–H and O–H groups in total. The molecule has 0 spiro atoms. The van der Waals surface area contributed by atoms with Crippen LogP contribution >= 0.6 is 11.6 Å². The smallest absolute Gasteiger partial charge is 0.157 e. The van der Waals surface area contributed by atoms with Crippen molar-refractivity contribution >= 4 is 11.6 Å². The maximum Gasteiger partial charge on any atom is 0.157 e. The second-order valence-electron chi connectivity index (χ2n) is 4.77. The fraction of sp³-hybridized carbons (Fsp3) is 0.118. The third-order valence-electron chi connectivity index (χ3n) is 3.12. The zero-order valence-electron chi connectivity index (χ0n) is 11.4. The summed E-state index contributed by atoms with van der Waals surface area (Å²) in [5.41, 5.74) is 2.29. The number of ether oxygens (including phenoxy) is 1. The third kappa shape index (κ3) is 3.86. The quantitative estimate of drug-likeness (QED) is 0.707. The summed E-state index contributed by atoms with van der Waals surface area (Å²) < 4.78 is 7.59. The van der Waals surface area contributed by atoms with Crippen molar-refractivity contribution in [3.8, 4) is 5.75 Å². The van der Waals surface area contributed by atoms with Crippen molar-refractivity contribution in [2.75, 3.05) is 0 Å². The van der Waals surface area contributed by atoms with Crippen LogP contribution in [0.4, 0.5) is 0 Å². The summed E-state index contributed by atoms with van der Waals surface area (Å²) in [6.45, 7) is 1.25. The van der Waals surface area contributed by atoms with Gasteiger partial charge in [0, 0.05) is 5.02 Å². The summed E-state index contributed by atoms with van der Waals surface area (Å²) in [5, 5.41) is 5.04. The van der Waals surface area contributed by atoms with E-state index >= 15 is 0 Å². The third-order valence-corrected chi connectivity index (χ3v) is 3.37. The van der Waals surface area contributed by atoms with Gasteiger partial charge in [0.15, 0.2) is 5.75 Å². The van der Waals surface area contributed by atoms with Crippen LogP contribution < -0.4 is 4.74 Å². The minimum absolute atomic E-state index is 0.508. The van der Waals surface area contributed by atoms with Crippen LogP contribution in [-0.2, 0) is 13.2 Å². The predicted molar refractivity (Wildman–Crippen MR) is 83.6 cm³/mol. The molecule has 0 radical (unpaired) electrons. The first-order chi connectivity index (χ1) is 10.3. The van der Waals surface area contributed by atoms with E-state index in [1.807, 2.05) is 53.3 Å². The van der Waals surface area contributed by atoms with Crippen LogP contribution in [0, 0.1) is 0 Å². The monoisotopic (exact) mass is 298 g/mol. The summed E-state index contributed by atoms with van der Waals surface area (Å²) in [6, 6.07) is 17.8. The van der Waals surface area contributed by atoms with E-state index in [4.69, 9.17) is 16.3 Å². The lowest BCUT2D eigenvalue weighted by molar-refractivity contribution is 0.306. The van der Waals surface area contributed by atoms with E-state index in [1.54, 1.807) is 6.20 Å². The Hall–Kier alpha value is -2.26. The number of halogens is 1. The lowest BCUT2D eigenvalue weighted by Gasteiger charge is -2.03. The molecule has 0 atom stereocenters. The number of hydrogen-bond acceptors (Lipinski definition) is 2. The van der Waals surface area contributed by atoms with E-state index in [-0.39, 0.29) is 0 Å². The Kier molecular flexibility index (Phi) is 4.22. The highest BCUT2D eigenvalue weighted by Crippen LogP contribution is 2.14. The van der Waals surface area contributed by atoms with Crippen molar-refractivity contribution < 1.29 is 4.74 Å². The van der Waals surface area contributed by atoms with E-state index in [0.717, 1.165) is 22.9 Å². The van der Waals surface area contributed by atoms with Gasteiger partial charge < -0.3 is 4.74 Å². The van der Waals surface area contributed by atoms with E-state index in [9.17, 15) is 0 Å². The molecule has 21 heavy (non-hydrogen) atoms. The zero-order valence-corrected chi connectivity index (χ0v) is 12.2. The topological polar surface area (TPSA) is 27.1 Å². The van der Waals surface area contributed by atoms with Gasteiger partial charge in [-0.2, -0.15) is 5.10 Å². The molecule has 3 rings (SSSR count). The van der Waals surface area contributed by atoms with E-state index in [2.05, 4.69) is 17.2 Å². The first-order valence-electron chi connectivity index (χ1n) is 6.73. The van der Waals surface area contributed by atoms with E-state index in [1.165, 1.54) is 5.56 Å². The van der Waals surface area contributed by atoms with Crippen molar-refractivity contribution in [3.63, 3.8) is 0 Å². The van der Waals surface area contributed by atoms with E-state index in [0.29, 0.717) is 6.61 Å². The molecule has 3 aromatic rings. The molecule has 0 aliphatic heterocycles. The molecule has 2 aromatic carbocycles. The van der Waals surface area contributed by atoms with Crippen molar-refractivity contribution in [3.05, 3.63) is 83.1 Å². The lowest BCUT2D eigenvalue weighted by Crippen LogP contribution is -1.99. The van der Waals surface area contributed by atoms with Gasteiger partial charge in [-0.1, -0.05) is 54.1 Å². The van der Waals surface area contributed by atoms with Crippen LogP contribution in [0.2, 0.25) is 5.02 Å². The standard InChI is InChI=1S/C17H15ClN2O/c18-16-8-6-15(7-9-16)13-21-17-10-19-20(12-17)11-14-4-2-1-3-5-14/h1-10,12H,11,13H2. The molecule has 106 valence electrons. The second kappa shape index (κ2) is 6.46. The van der Waals surface area contributed by atoms with Crippen LogP contribution in [-0.4, -0.2) is 9.78 Å². The molecule has 4 heteroatoms. The van der Waals surface area contributed by atoms with Gasteiger partial charge >= 0.3 is 0 Å². The van der Waals surface area contributed by atoms with Crippen LogP contribution in [0.15, 0.2) is 67.0 Å². The molecule has 0 fully saturated rings. The minimum Gasteiger partial charge on any atom is -0.486 e. The zero-order chi connectivity index (χ0) is 14.5. The van der Waals surface area contributed by atoms with Crippen LogP contribution in [0.25, 0.3) is 0 Å². The van der Waals surface area contributed by atoms with Crippen molar-refractivity contribution in [1.29, 1.82) is 0 Å². The Morgan fingerprint density at radius 1 is 0.952 bits per heavy atom. The number of hydrogen-bond donors (Lipinski definition) is 0. The summed E-state index contributed by atoms with van der Waals surface area (Å²) in [7, 11) is 0. The molecule has 0 bridgehead atoms. The van der Waals surface area contributed by atoms with Gasteiger partial charge in [-0.25, -0.2) is 0 Å². The average Bonchev–Trinajstić information content (AvgIpc) is 2.95. The first-order valence-corrected chi connectivity index (χ1v) is 7.11. The van der Waals surface area contributed by atoms with Crippen molar-refractivity contribution in [2.45, 2.75) is 13.2 Å². The van der Waals surface area contributed by atoms with Crippen molar-refractivity contribution in [1.82, 2.24) is 9.78 Å². The van der Waals surface area contributed by atoms with Gasteiger partial charge in [0.05, 0.1) is 18.9 Å². The molecule has 0 saturated heterocycles. The Labute approximate surface area is 128 Å². The summed E-state index contributed by atoms with van der Waals surface area (Å²) >= 11 is 5.86. The highest BCUT2D eigenvalue weighted by Gasteiger charge is 2.01. The molecular formula is C17H15ClN2O. The summed E-state index contributed by atoms with van der Waals surface area (Å²) in [6.07, 6.45) is 3.64. The highest BCUT2D eigenvalue weighted by molar-refractivity contribution is 6.30. The van der Waals surface area contributed by atoms with Gasteiger partial charge in [0.1, 0.15) is 6.61 Å². The number of benzene rings is 2. The first kappa shape index (κ1) is 13.7. The molecular weight excluding hydrogens is 284 g/mol. The van der Waals surface area contributed by atoms with Crippen LogP contribution in [0.1, 0.15) is 11.1 Å². The van der Waals surface area contributed by atoms with Crippen LogP contribution in [0.5, 0.6) is 5.75 Å². The van der Waals surface area contributed by atoms with E-state index < -0.39 is 0 Å². The molecule has 0 amide bonds. The largest absolute Gasteiger partial charge is 0.486 e. The Balaban J connectivity index is 1.59. The second-order valence-corrected chi connectivity index (χ2v) is 5.21. The van der Waals surface area contributed by atoms with Gasteiger partial charge in [0.2, 0.25) is 0 Å². The van der Waals surface area contributed by atoms with Crippen LogP contribution in [0.3, 0.4) is 0 Å². The molecule has 0 unspecified atom stereocenters. The maximum absolute atomic E-state index is 5.86. The highest BCUT2D eigenvalue weighted by atomic mass is 35.5. The predicted octanol–water partition coefficient (Wildman–Crippen LogP) is 4.16. The average molecular weight is 299 g/mol. The summed E-state index contributed by atoms with van der Waals surface area (Å²) in [4.78, 5) is 0. The molecule has 0 aliphatic carbocycles. The van der Waals surface area contributed by atoms with Gasteiger partial charge in [-0.05, 0) is 23.3 Å². The molecule has 1 aromatic heterocycles. The summed E-state index contributed by atoms with van der Waals surface area (Å²) in [5.74, 6) is 0.765. The minimum atomic E-state index is 0.508. The Bertz CT molecular complexity index is 692. The molecule has 3 nitrogen and oxygen atoms in total. The van der Waals surface area contributed by atoms with Gasteiger partial charge in [0.25, 0.3) is 0 Å². The maximum atomic E-state index is 5.86. The Morgan fingerprint density at radius 2 is 1.71 bits per heavy atom. The number of aromatic nitrogens is 2. The SMILES string of the molecule is Clc1ccc(COc2cnn(Cc3ccccc3)c2)cc1. The lowest BCUT2D eigenvalue weighted by atomic mass is 10.2. The number of nitrogens with zero attached hydrogens (tertiary/aromatic N) is 2. The fourth-order valence-electron chi connectivity index (χ4n) is 2.02. The molecule has 1 heterocycles. The molecule has 0 saturated carbocycles.